The van der Waals surface area contributed by atoms with E-state index in [2.05, 4.69) is 37.9 Å². The van der Waals surface area contributed by atoms with Crippen molar-refractivity contribution in [2.24, 2.45) is 4.99 Å². The van der Waals surface area contributed by atoms with Gasteiger partial charge in [0.1, 0.15) is 4.88 Å². The topological polar surface area (TPSA) is 90.9 Å². The summed E-state index contributed by atoms with van der Waals surface area (Å²) in [4.78, 5) is 23.1. The highest BCUT2D eigenvalue weighted by Crippen LogP contribution is 2.10. The van der Waals surface area contributed by atoms with Crippen LogP contribution in [0.15, 0.2) is 10.5 Å². The van der Waals surface area contributed by atoms with E-state index in [1.54, 1.807) is 19.7 Å². The normalized spacial score (nSPS) is 11.2. The van der Waals surface area contributed by atoms with Crippen LogP contribution >= 0.6 is 35.3 Å². The zero-order valence-corrected chi connectivity index (χ0v) is 19.1. The molecule has 0 saturated carbocycles. The molecule has 0 atom stereocenters. The molecule has 10 heteroatoms. The molecule has 1 heterocycles. The number of nitrogens with zero attached hydrogens (tertiary/aromatic N) is 3. The molecule has 0 spiro atoms. The van der Waals surface area contributed by atoms with Crippen molar-refractivity contribution in [1.29, 1.82) is 0 Å². The summed E-state index contributed by atoms with van der Waals surface area (Å²) in [7, 11) is 5.54. The quantitative estimate of drug-likeness (QED) is 0.182. The first kappa shape index (κ1) is 25.0. The molecule has 0 bridgehead atoms. The van der Waals surface area contributed by atoms with E-state index in [0.717, 1.165) is 44.3 Å². The van der Waals surface area contributed by atoms with Crippen LogP contribution in [0.1, 0.15) is 21.8 Å². The lowest BCUT2D eigenvalue weighted by Crippen LogP contribution is -2.43. The van der Waals surface area contributed by atoms with Crippen LogP contribution in [0.2, 0.25) is 0 Å². The number of amides is 1. The third kappa shape index (κ3) is 10.2. The van der Waals surface area contributed by atoms with Gasteiger partial charge >= 0.3 is 0 Å². The van der Waals surface area contributed by atoms with Crippen molar-refractivity contribution >= 4 is 47.2 Å². The van der Waals surface area contributed by atoms with Crippen LogP contribution in [0.4, 0.5) is 0 Å². The first-order valence-corrected chi connectivity index (χ1v) is 9.26. The minimum Gasteiger partial charge on any atom is -0.385 e. The van der Waals surface area contributed by atoms with Crippen LogP contribution in [0.3, 0.4) is 0 Å². The summed E-state index contributed by atoms with van der Waals surface area (Å²) in [5, 5.41) is 9.32. The average Bonchev–Trinajstić information content (AvgIpc) is 3.03. The predicted molar refractivity (Wildman–Crippen MR) is 118 cm³/mol. The number of thiazole rings is 1. The second kappa shape index (κ2) is 15.1. The van der Waals surface area contributed by atoms with Gasteiger partial charge in [-0.15, -0.1) is 35.3 Å². The van der Waals surface area contributed by atoms with Crippen LogP contribution in [-0.4, -0.2) is 82.3 Å². The van der Waals surface area contributed by atoms with Gasteiger partial charge in [-0.1, -0.05) is 0 Å². The lowest BCUT2D eigenvalue weighted by Gasteiger charge is -2.18. The van der Waals surface area contributed by atoms with Gasteiger partial charge in [0.05, 0.1) is 11.2 Å². The Morgan fingerprint density at radius 1 is 1.27 bits per heavy atom. The SMILES string of the molecule is CN=C(NCCNC(=O)c1scnc1C)NCCN(C)CCCOC.I. The predicted octanol–water partition coefficient (Wildman–Crippen LogP) is 0.933. The molecule has 3 N–H and O–H groups in total. The maximum atomic E-state index is 12.0. The highest BCUT2D eigenvalue weighted by molar-refractivity contribution is 14.0. The highest BCUT2D eigenvalue weighted by atomic mass is 127. The second-order valence-electron chi connectivity index (χ2n) is 5.60. The fraction of sp³-hybridized carbons (Fsp3) is 0.688. The molecular formula is C16H31IN6O2S. The molecule has 26 heavy (non-hydrogen) atoms. The summed E-state index contributed by atoms with van der Waals surface area (Å²) < 4.78 is 5.05. The van der Waals surface area contributed by atoms with Gasteiger partial charge in [-0.3, -0.25) is 9.79 Å². The zero-order chi connectivity index (χ0) is 18.5. The highest BCUT2D eigenvalue weighted by Gasteiger charge is 2.10. The summed E-state index contributed by atoms with van der Waals surface area (Å²) in [5.74, 6) is 0.649. The van der Waals surface area contributed by atoms with E-state index in [0.29, 0.717) is 18.0 Å². The number of carbonyl (C=O) groups excluding carboxylic acids is 1. The van der Waals surface area contributed by atoms with Gasteiger partial charge in [0.15, 0.2) is 5.96 Å². The molecular weight excluding hydrogens is 467 g/mol. The number of hydrogen-bond acceptors (Lipinski definition) is 6. The van der Waals surface area contributed by atoms with Crippen LogP contribution < -0.4 is 16.0 Å². The van der Waals surface area contributed by atoms with Gasteiger partial charge in [0.2, 0.25) is 0 Å². The van der Waals surface area contributed by atoms with Crippen LogP contribution in [0.25, 0.3) is 0 Å². The minimum absolute atomic E-state index is 0. The summed E-state index contributed by atoms with van der Waals surface area (Å²) in [6.45, 7) is 6.47. The molecule has 0 aliphatic heterocycles. The Morgan fingerprint density at radius 2 is 1.96 bits per heavy atom. The number of hydrogen-bond donors (Lipinski definition) is 3. The Labute approximate surface area is 177 Å². The number of guanidine groups is 1. The Balaban J connectivity index is 0.00000625. The number of likely N-dealkylation sites (N-methyl/N-ethyl adjacent to an activating group) is 1. The number of halogens is 1. The third-order valence-corrected chi connectivity index (χ3v) is 4.48. The van der Waals surface area contributed by atoms with Crippen molar-refractivity contribution < 1.29 is 9.53 Å². The first-order valence-electron chi connectivity index (χ1n) is 8.38. The molecule has 0 aromatic carbocycles. The Morgan fingerprint density at radius 3 is 2.58 bits per heavy atom. The number of aliphatic imine (C=N–C) groups is 1. The van der Waals surface area contributed by atoms with Crippen LogP contribution in [0, 0.1) is 6.92 Å². The molecule has 8 nitrogen and oxygen atoms in total. The van der Waals surface area contributed by atoms with Crippen LogP contribution in [0.5, 0.6) is 0 Å². The van der Waals surface area contributed by atoms with E-state index < -0.39 is 0 Å². The second-order valence-corrected chi connectivity index (χ2v) is 6.45. The van der Waals surface area contributed by atoms with Crippen molar-refractivity contribution in [1.82, 2.24) is 25.8 Å². The molecule has 1 rings (SSSR count). The largest absolute Gasteiger partial charge is 0.385 e. The Bertz CT molecular complexity index is 541. The molecule has 150 valence electrons. The molecule has 1 aromatic heterocycles. The number of aromatic nitrogens is 1. The van der Waals surface area contributed by atoms with Crippen LogP contribution in [-0.2, 0) is 4.74 Å². The van der Waals surface area contributed by atoms with Gasteiger partial charge in [0.25, 0.3) is 5.91 Å². The van der Waals surface area contributed by atoms with Gasteiger partial charge in [-0.25, -0.2) is 4.98 Å². The molecule has 1 amide bonds. The number of rotatable bonds is 11. The fourth-order valence-corrected chi connectivity index (χ4v) is 2.85. The lowest BCUT2D eigenvalue weighted by molar-refractivity contribution is 0.0957. The smallest absolute Gasteiger partial charge is 0.263 e. The molecule has 0 radical (unpaired) electrons. The number of nitrogens with one attached hydrogen (secondary N) is 3. The molecule has 0 aliphatic rings. The van der Waals surface area contributed by atoms with E-state index in [1.807, 2.05) is 6.92 Å². The van der Waals surface area contributed by atoms with Crippen molar-refractivity contribution in [2.75, 3.05) is 60.5 Å². The van der Waals surface area contributed by atoms with Crippen molar-refractivity contribution in [3.63, 3.8) is 0 Å². The van der Waals surface area contributed by atoms with Gasteiger partial charge < -0.3 is 25.6 Å². The summed E-state index contributed by atoms with van der Waals surface area (Å²) >= 11 is 1.36. The van der Waals surface area contributed by atoms with Crippen molar-refractivity contribution in [3.8, 4) is 0 Å². The number of ether oxygens (including phenoxy) is 1. The van der Waals surface area contributed by atoms with Gasteiger partial charge in [-0.05, 0) is 20.4 Å². The van der Waals surface area contributed by atoms with Gasteiger partial charge in [-0.2, -0.15) is 0 Å². The fourth-order valence-electron chi connectivity index (χ4n) is 2.13. The van der Waals surface area contributed by atoms with E-state index in [1.165, 1.54) is 11.3 Å². The number of aryl methyl sites for hydroxylation is 1. The Kier molecular flexibility index (Phi) is 14.5. The maximum Gasteiger partial charge on any atom is 0.263 e. The lowest BCUT2D eigenvalue weighted by atomic mass is 10.4. The number of methoxy groups -OCH3 is 1. The Hall–Kier alpha value is -0.980. The van der Waals surface area contributed by atoms with E-state index in [-0.39, 0.29) is 29.9 Å². The molecule has 0 fully saturated rings. The van der Waals surface area contributed by atoms with Gasteiger partial charge in [0, 0.05) is 53.5 Å². The number of carbonyl (C=O) groups is 1. The van der Waals surface area contributed by atoms with E-state index in [9.17, 15) is 4.79 Å². The first-order chi connectivity index (χ1) is 12.1. The maximum absolute atomic E-state index is 12.0. The third-order valence-electron chi connectivity index (χ3n) is 3.55. The molecule has 0 unspecified atom stereocenters. The van der Waals surface area contributed by atoms with E-state index in [4.69, 9.17) is 4.74 Å². The molecule has 1 aromatic rings. The van der Waals surface area contributed by atoms with E-state index >= 15 is 0 Å². The standard InChI is InChI=1S/C16H30N6O2S.HI/c1-13-14(25-12-21-13)15(23)18-6-7-19-16(17-2)20-8-10-22(3)9-5-11-24-4;/h12H,5-11H2,1-4H3,(H,18,23)(H2,17,19,20);1H. The average molecular weight is 498 g/mol. The zero-order valence-electron chi connectivity index (χ0n) is 16.0. The minimum atomic E-state index is -0.0811. The molecule has 0 saturated heterocycles. The van der Waals surface area contributed by atoms with Crippen molar-refractivity contribution in [2.45, 2.75) is 13.3 Å². The summed E-state index contributed by atoms with van der Waals surface area (Å²) in [5.41, 5.74) is 2.45. The summed E-state index contributed by atoms with van der Waals surface area (Å²) in [6.07, 6.45) is 1.03. The monoisotopic (exact) mass is 498 g/mol. The van der Waals surface area contributed by atoms with Crippen molar-refractivity contribution in [3.05, 3.63) is 16.1 Å². The molecule has 0 aliphatic carbocycles. The summed E-state index contributed by atoms with van der Waals surface area (Å²) in [6, 6.07) is 0.